The summed E-state index contributed by atoms with van der Waals surface area (Å²) >= 11 is 0. The van der Waals surface area contributed by atoms with E-state index in [0.717, 1.165) is 73.3 Å². The summed E-state index contributed by atoms with van der Waals surface area (Å²) in [7, 11) is 2.20. The number of hydrogen-bond acceptors (Lipinski definition) is 4. The highest BCUT2D eigenvalue weighted by atomic mass is 15.2. The fraction of sp³-hybridized carbons (Fsp3) is 0.286. The molecule has 166 valence electrons. The Morgan fingerprint density at radius 3 is 2.45 bits per heavy atom. The van der Waals surface area contributed by atoms with Crippen molar-refractivity contribution in [1.82, 2.24) is 19.4 Å². The lowest BCUT2D eigenvalue weighted by Gasteiger charge is -2.32. The predicted octanol–water partition coefficient (Wildman–Crippen LogP) is 4.88. The number of fused-ring (bicyclic) bond motifs is 1. The number of piperazine rings is 1. The van der Waals surface area contributed by atoms with Crippen molar-refractivity contribution in [3.63, 3.8) is 0 Å². The van der Waals surface area contributed by atoms with Crippen LogP contribution in [0.15, 0.2) is 73.2 Å². The minimum atomic E-state index is 0.686. The molecule has 1 aliphatic heterocycles. The van der Waals surface area contributed by atoms with E-state index >= 15 is 0 Å². The van der Waals surface area contributed by atoms with Crippen LogP contribution in [0, 0.1) is 11.3 Å². The smallest absolute Gasteiger partial charge is 0.0991 e. The summed E-state index contributed by atoms with van der Waals surface area (Å²) in [6, 6.07) is 20.9. The average Bonchev–Trinajstić information content (AvgIpc) is 3.23. The maximum atomic E-state index is 9.48. The van der Waals surface area contributed by atoms with E-state index in [0.29, 0.717) is 5.56 Å². The number of pyridine rings is 1. The zero-order valence-electron chi connectivity index (χ0n) is 19.1. The topological polar surface area (TPSA) is 48.1 Å². The Morgan fingerprint density at radius 2 is 1.67 bits per heavy atom. The summed E-state index contributed by atoms with van der Waals surface area (Å²) in [5, 5.41) is 10.6. The van der Waals surface area contributed by atoms with Crippen LogP contribution in [-0.4, -0.2) is 59.1 Å². The largest absolute Gasteiger partial charge is 0.347 e. The zero-order valence-corrected chi connectivity index (χ0v) is 19.1. The molecule has 4 aromatic rings. The second-order valence-electron chi connectivity index (χ2n) is 8.91. The van der Waals surface area contributed by atoms with E-state index in [9.17, 15) is 5.26 Å². The first-order valence-corrected chi connectivity index (χ1v) is 11.7. The summed E-state index contributed by atoms with van der Waals surface area (Å²) in [6.07, 6.45) is 7.18. The van der Waals surface area contributed by atoms with Crippen molar-refractivity contribution in [2.45, 2.75) is 13.0 Å². The molecule has 3 heterocycles. The summed E-state index contributed by atoms with van der Waals surface area (Å²) in [4.78, 5) is 9.50. The maximum absolute atomic E-state index is 9.48. The van der Waals surface area contributed by atoms with Gasteiger partial charge in [0.2, 0.25) is 0 Å². The molecule has 0 spiro atoms. The van der Waals surface area contributed by atoms with Gasteiger partial charge in [-0.05, 0) is 49.8 Å². The van der Waals surface area contributed by atoms with Crippen LogP contribution < -0.4 is 0 Å². The molecule has 0 aliphatic carbocycles. The number of hydrogen-bond donors (Lipinski definition) is 0. The van der Waals surface area contributed by atoms with Crippen LogP contribution in [0.3, 0.4) is 0 Å². The first-order valence-electron chi connectivity index (χ1n) is 11.7. The molecule has 0 bridgehead atoms. The van der Waals surface area contributed by atoms with Gasteiger partial charge in [0.25, 0.3) is 0 Å². The monoisotopic (exact) mass is 435 g/mol. The van der Waals surface area contributed by atoms with Crippen molar-refractivity contribution in [1.29, 1.82) is 5.26 Å². The van der Waals surface area contributed by atoms with Crippen molar-refractivity contribution in [3.05, 3.63) is 78.8 Å². The maximum Gasteiger partial charge on any atom is 0.0991 e. The van der Waals surface area contributed by atoms with Crippen molar-refractivity contribution < 1.29 is 0 Å². The second kappa shape index (κ2) is 9.58. The number of nitriles is 1. The molecule has 5 rings (SSSR count). The fourth-order valence-corrected chi connectivity index (χ4v) is 4.69. The van der Waals surface area contributed by atoms with Crippen molar-refractivity contribution in [2.24, 2.45) is 0 Å². The molecule has 0 amide bonds. The van der Waals surface area contributed by atoms with Crippen molar-refractivity contribution >= 4 is 10.9 Å². The van der Waals surface area contributed by atoms with E-state index in [1.165, 1.54) is 5.52 Å². The van der Waals surface area contributed by atoms with E-state index < -0.39 is 0 Å². The Kier molecular flexibility index (Phi) is 6.21. The third-order valence-corrected chi connectivity index (χ3v) is 6.64. The normalized spacial score (nSPS) is 15.0. The molecule has 1 aliphatic rings. The predicted molar refractivity (Wildman–Crippen MR) is 134 cm³/mol. The molecule has 33 heavy (non-hydrogen) atoms. The van der Waals surface area contributed by atoms with E-state index in [2.05, 4.69) is 62.9 Å². The zero-order chi connectivity index (χ0) is 22.6. The first kappa shape index (κ1) is 21.4. The first-order chi connectivity index (χ1) is 16.2. The lowest BCUT2D eigenvalue weighted by atomic mass is 10.0. The highest BCUT2D eigenvalue weighted by molar-refractivity contribution is 5.97. The van der Waals surface area contributed by atoms with Crippen molar-refractivity contribution in [2.75, 3.05) is 39.8 Å². The molecule has 0 atom stereocenters. The molecular weight excluding hydrogens is 406 g/mol. The van der Waals surface area contributed by atoms with E-state index in [1.54, 1.807) is 0 Å². The molecule has 2 aromatic heterocycles. The summed E-state index contributed by atoms with van der Waals surface area (Å²) < 4.78 is 2.34. The minimum absolute atomic E-state index is 0.686. The Balaban J connectivity index is 1.45. The van der Waals surface area contributed by atoms with Crippen LogP contribution in [0.4, 0.5) is 0 Å². The number of likely N-dealkylation sites (N-methyl/N-ethyl adjacent to an activating group) is 1. The van der Waals surface area contributed by atoms with Gasteiger partial charge in [-0.15, -0.1) is 0 Å². The van der Waals surface area contributed by atoms with Gasteiger partial charge in [0.1, 0.15) is 0 Å². The van der Waals surface area contributed by atoms with Crippen LogP contribution in [0.2, 0.25) is 0 Å². The molecule has 1 fully saturated rings. The van der Waals surface area contributed by atoms with Crippen LogP contribution in [-0.2, 0) is 6.54 Å². The Morgan fingerprint density at radius 1 is 0.879 bits per heavy atom. The van der Waals surface area contributed by atoms with E-state index in [-0.39, 0.29) is 0 Å². The molecule has 0 N–H and O–H groups in total. The Labute approximate surface area is 195 Å². The quantitative estimate of drug-likeness (QED) is 0.433. The lowest BCUT2D eigenvalue weighted by Crippen LogP contribution is -2.44. The van der Waals surface area contributed by atoms with Gasteiger partial charge in [0.05, 0.1) is 11.6 Å². The van der Waals surface area contributed by atoms with E-state index in [4.69, 9.17) is 0 Å². The van der Waals surface area contributed by atoms with Crippen LogP contribution in [0.5, 0.6) is 0 Å². The molecule has 5 heteroatoms. The van der Waals surface area contributed by atoms with Gasteiger partial charge in [-0.2, -0.15) is 5.26 Å². The summed E-state index contributed by atoms with van der Waals surface area (Å²) in [6.45, 7) is 6.68. The number of aryl methyl sites for hydroxylation is 1. The van der Waals surface area contributed by atoms with Gasteiger partial charge in [-0.1, -0.05) is 30.3 Å². The van der Waals surface area contributed by atoms with Crippen molar-refractivity contribution in [3.8, 4) is 28.3 Å². The Bertz CT molecular complexity index is 1280. The third-order valence-electron chi connectivity index (χ3n) is 6.64. The van der Waals surface area contributed by atoms with E-state index in [1.807, 2.05) is 42.7 Å². The minimum Gasteiger partial charge on any atom is -0.347 e. The second-order valence-corrected chi connectivity index (χ2v) is 8.91. The number of benzene rings is 2. The molecule has 1 saturated heterocycles. The van der Waals surface area contributed by atoms with Gasteiger partial charge in [-0.3, -0.25) is 4.98 Å². The van der Waals surface area contributed by atoms with Gasteiger partial charge < -0.3 is 14.4 Å². The molecule has 2 aromatic carbocycles. The lowest BCUT2D eigenvalue weighted by molar-refractivity contribution is 0.151. The highest BCUT2D eigenvalue weighted by Gasteiger charge is 2.15. The van der Waals surface area contributed by atoms with Gasteiger partial charge >= 0.3 is 0 Å². The number of nitrogens with zero attached hydrogens (tertiary/aromatic N) is 5. The number of rotatable bonds is 6. The SMILES string of the molecule is CN1CCN(CCCn2cc(-c3cncc(-c4ccccc4)c3)c3cc(C#N)ccc32)CC1. The molecule has 0 unspecified atom stereocenters. The molecular formula is C28H29N5. The highest BCUT2D eigenvalue weighted by Crippen LogP contribution is 2.33. The molecule has 5 nitrogen and oxygen atoms in total. The van der Waals surface area contributed by atoms with Crippen LogP contribution in [0.25, 0.3) is 33.2 Å². The van der Waals surface area contributed by atoms with Gasteiger partial charge in [0.15, 0.2) is 0 Å². The van der Waals surface area contributed by atoms with Crippen LogP contribution in [0.1, 0.15) is 12.0 Å². The van der Waals surface area contributed by atoms with Crippen LogP contribution >= 0.6 is 0 Å². The van der Waals surface area contributed by atoms with Gasteiger partial charge in [0, 0.05) is 78.9 Å². The fourth-order valence-electron chi connectivity index (χ4n) is 4.69. The third kappa shape index (κ3) is 4.68. The summed E-state index contributed by atoms with van der Waals surface area (Å²) in [5.41, 5.74) is 6.32. The van der Waals surface area contributed by atoms with Gasteiger partial charge in [-0.25, -0.2) is 0 Å². The Hall–Kier alpha value is -3.46. The molecule has 0 radical (unpaired) electrons. The average molecular weight is 436 g/mol. The number of aromatic nitrogens is 2. The summed E-state index contributed by atoms with van der Waals surface area (Å²) in [5.74, 6) is 0. The molecule has 0 saturated carbocycles. The standard InChI is InChI=1S/C28H29N5/c1-31-12-14-32(15-13-31)10-5-11-33-21-27(26-16-22(18-29)8-9-28(26)33)25-17-24(19-30-20-25)23-6-3-2-4-7-23/h2-4,6-9,16-17,19-21H,5,10-15H2,1H3.